The van der Waals surface area contributed by atoms with Crippen LogP contribution in [0.15, 0.2) is 48.5 Å². The zero-order valence-electron chi connectivity index (χ0n) is 41.2. The number of fused-ring (bicyclic) bond motifs is 1. The highest BCUT2D eigenvalue weighted by molar-refractivity contribution is 6.21. The van der Waals surface area contributed by atoms with Gasteiger partial charge >= 0.3 is 41.8 Å². The molecule has 3 aliphatic heterocycles. The molecule has 3 heterocycles. The Labute approximate surface area is 404 Å². The fourth-order valence-electron chi connectivity index (χ4n) is 7.66. The number of nitrogens with zero attached hydrogens (tertiary/aromatic N) is 1. The van der Waals surface area contributed by atoms with Gasteiger partial charge in [-0.3, -0.25) is 48.1 Å². The molecule has 70 heavy (non-hydrogen) atoms. The highest BCUT2D eigenvalue weighted by Gasteiger charge is 2.60. The summed E-state index contributed by atoms with van der Waals surface area (Å²) in [4.78, 5) is 119. The highest BCUT2D eigenvalue weighted by atomic mass is 16.8. The van der Waals surface area contributed by atoms with Gasteiger partial charge in [0.2, 0.25) is 0 Å². The number of carbonyl (C=O) groups is 9. The quantitative estimate of drug-likeness (QED) is 0.129. The summed E-state index contributed by atoms with van der Waals surface area (Å²) in [7, 11) is 0. The molecule has 1 unspecified atom stereocenters. The number of hydrogen-bond acceptors (Lipinski definition) is 20. The van der Waals surface area contributed by atoms with Crippen molar-refractivity contribution in [2.45, 2.75) is 157 Å². The number of carbonyl (C=O) groups excluding carboxylic acids is 9. The number of esters is 7. The maximum absolute atomic E-state index is 14.4. The van der Waals surface area contributed by atoms with Crippen molar-refractivity contribution >= 4 is 53.6 Å². The molecule has 2 fully saturated rings. The van der Waals surface area contributed by atoms with Gasteiger partial charge in [0.1, 0.15) is 44.2 Å². The van der Waals surface area contributed by atoms with Crippen LogP contribution in [0, 0.1) is 10.8 Å². The molecular weight excluding hydrogens is 923 g/mol. The third kappa shape index (κ3) is 13.5. The van der Waals surface area contributed by atoms with Gasteiger partial charge in [0.05, 0.1) is 28.1 Å². The molecule has 2 saturated heterocycles. The molecule has 0 radical (unpaired) electrons. The Morgan fingerprint density at radius 2 is 1.04 bits per heavy atom. The van der Waals surface area contributed by atoms with E-state index in [-0.39, 0.29) is 17.7 Å². The molecule has 11 atom stereocenters. The molecule has 382 valence electrons. The molecule has 0 saturated carbocycles. The Balaban J connectivity index is 1.70. The largest absolute Gasteiger partial charge is 0.463 e. The minimum atomic E-state index is -1.99. The van der Waals surface area contributed by atoms with E-state index in [1.807, 2.05) is 0 Å². The number of amides is 2. The molecular formula is C49H61NO20. The van der Waals surface area contributed by atoms with Crippen LogP contribution in [0.2, 0.25) is 0 Å². The molecule has 5 rings (SSSR count). The van der Waals surface area contributed by atoms with Gasteiger partial charge in [0.25, 0.3) is 11.8 Å². The van der Waals surface area contributed by atoms with Crippen LogP contribution in [-0.4, -0.2) is 133 Å². The molecule has 21 nitrogen and oxygen atoms in total. The van der Waals surface area contributed by atoms with Crippen LogP contribution in [0.1, 0.15) is 121 Å². The lowest BCUT2D eigenvalue weighted by atomic mass is 9.93. The van der Waals surface area contributed by atoms with E-state index in [2.05, 4.69) is 0 Å². The van der Waals surface area contributed by atoms with Gasteiger partial charge in [-0.2, -0.15) is 0 Å². The number of imide groups is 1. The fraction of sp³-hybridized carbons (Fsp3) is 0.571. The van der Waals surface area contributed by atoms with E-state index in [9.17, 15) is 43.2 Å². The number of rotatable bonds is 16. The summed E-state index contributed by atoms with van der Waals surface area (Å²) in [5.41, 5.74) is -1.10. The Morgan fingerprint density at radius 3 is 1.56 bits per heavy atom. The van der Waals surface area contributed by atoms with Gasteiger partial charge in [-0.05, 0) is 71.7 Å². The zero-order chi connectivity index (χ0) is 52.0. The molecule has 0 aliphatic carbocycles. The second-order valence-electron chi connectivity index (χ2n) is 19.0. The predicted octanol–water partition coefficient (Wildman–Crippen LogP) is 4.23. The second-order valence-corrected chi connectivity index (χ2v) is 19.0. The van der Waals surface area contributed by atoms with Gasteiger partial charge < -0.3 is 52.1 Å². The lowest BCUT2D eigenvalue weighted by Crippen LogP contribution is -2.70. The molecule has 0 aromatic heterocycles. The Hall–Kier alpha value is -6.29. The van der Waals surface area contributed by atoms with E-state index >= 15 is 0 Å². The molecule has 3 aliphatic rings. The van der Waals surface area contributed by atoms with Crippen LogP contribution >= 0.6 is 0 Å². The molecule has 21 heteroatoms. The van der Waals surface area contributed by atoms with Crippen molar-refractivity contribution in [3.8, 4) is 0 Å². The summed E-state index contributed by atoms with van der Waals surface area (Å²) >= 11 is 0. The third-order valence-electron chi connectivity index (χ3n) is 11.1. The van der Waals surface area contributed by atoms with Crippen molar-refractivity contribution in [2.75, 3.05) is 13.2 Å². The third-order valence-corrected chi connectivity index (χ3v) is 11.1. The molecule has 0 N–H and O–H groups in total. The lowest BCUT2D eigenvalue weighted by molar-refractivity contribution is -0.356. The summed E-state index contributed by atoms with van der Waals surface area (Å²) in [6, 6.07) is 10.8. The van der Waals surface area contributed by atoms with Gasteiger partial charge in [-0.1, -0.05) is 36.4 Å². The SMILES string of the molecule is CC(=O)OCc1ccc(C(C)O[C@@H]2O[C@H](COC(=O)C(C)(C)C)[C@H](O[C@@H]3O[C@H](COC(C)=O)[C@@H](OC(C)=O)[C@H](OC(C)=O)[C@H]3N3C(=O)c4ccccc4C3=O)[C@H](OC(C)=O)[C@H]2OC(=O)C(C)(C)C)cc1. The normalized spacial score (nSPS) is 26.0. The van der Waals surface area contributed by atoms with Crippen LogP contribution in [-0.2, 0) is 92.3 Å². The van der Waals surface area contributed by atoms with Gasteiger partial charge in [0.15, 0.2) is 37.0 Å². The maximum Gasteiger partial charge on any atom is 0.311 e. The van der Waals surface area contributed by atoms with Crippen LogP contribution < -0.4 is 0 Å². The Morgan fingerprint density at radius 1 is 0.557 bits per heavy atom. The van der Waals surface area contributed by atoms with E-state index in [0.29, 0.717) is 16.0 Å². The summed E-state index contributed by atoms with van der Waals surface area (Å²) in [6.45, 7) is 15.4. The molecule has 0 spiro atoms. The Kier molecular flexibility index (Phi) is 17.7. The van der Waals surface area contributed by atoms with Gasteiger partial charge in [-0.25, -0.2) is 0 Å². The van der Waals surface area contributed by atoms with Gasteiger partial charge in [-0.15, -0.1) is 0 Å². The minimum Gasteiger partial charge on any atom is -0.463 e. The zero-order valence-corrected chi connectivity index (χ0v) is 41.2. The van der Waals surface area contributed by atoms with Crippen LogP contribution in [0.3, 0.4) is 0 Å². The van der Waals surface area contributed by atoms with Crippen LogP contribution in [0.4, 0.5) is 0 Å². The van der Waals surface area contributed by atoms with Crippen molar-refractivity contribution in [1.82, 2.24) is 4.90 Å². The average Bonchev–Trinajstić information content (AvgIpc) is 3.51. The summed E-state index contributed by atoms with van der Waals surface area (Å²) in [5, 5.41) is 0. The maximum atomic E-state index is 14.4. The molecule has 0 bridgehead atoms. The van der Waals surface area contributed by atoms with Crippen LogP contribution in [0.5, 0.6) is 0 Å². The van der Waals surface area contributed by atoms with E-state index in [4.69, 9.17) is 52.1 Å². The molecule has 2 aromatic carbocycles. The first-order chi connectivity index (χ1) is 32.7. The standard InChI is InChI=1S/C49H61NO20/c1-24(31-19-17-30(18-20-31)21-60-25(2)51)63-45-41(70-47(59)49(10,11)12)40(66-29(6)55)38(35(68-45)23-62-46(58)48(7,8)9)69-44-36(50-42(56)32-15-13-14-16-33(32)43(50)57)39(65-28(5)54)37(64-27(4)53)34(67-44)22-61-26(3)52/h13-20,24,34-41,44-45H,21-23H2,1-12H3/t24?,34-,35-,36-,37-,38+,39-,40+,41-,44+,45-/m1/s1. The number of benzene rings is 2. The first-order valence-electron chi connectivity index (χ1n) is 22.5. The fourth-order valence-corrected chi connectivity index (χ4v) is 7.66. The topological polar surface area (TPSA) is 258 Å². The van der Waals surface area contributed by atoms with Gasteiger partial charge in [0, 0.05) is 34.6 Å². The first-order valence-corrected chi connectivity index (χ1v) is 22.5. The van der Waals surface area contributed by atoms with Crippen LogP contribution in [0.25, 0.3) is 0 Å². The highest BCUT2D eigenvalue weighted by Crippen LogP contribution is 2.40. The Bertz CT molecular complexity index is 2260. The van der Waals surface area contributed by atoms with Crippen molar-refractivity contribution < 1.29 is 95.3 Å². The summed E-state index contributed by atoms with van der Waals surface area (Å²) in [5.74, 6) is -7.41. The first kappa shape index (κ1) is 54.6. The number of ether oxygens (including phenoxy) is 11. The predicted molar refractivity (Wildman–Crippen MR) is 237 cm³/mol. The van der Waals surface area contributed by atoms with E-state index in [1.165, 1.54) is 31.2 Å². The molecule has 2 aromatic rings. The minimum absolute atomic E-state index is 0.0109. The summed E-state index contributed by atoms with van der Waals surface area (Å²) in [6.07, 6.45) is -16.2. The van der Waals surface area contributed by atoms with E-state index < -0.39 is 145 Å². The van der Waals surface area contributed by atoms with Crippen molar-refractivity contribution in [3.05, 3.63) is 70.8 Å². The summed E-state index contributed by atoms with van der Waals surface area (Å²) < 4.78 is 66.0. The van der Waals surface area contributed by atoms with Crippen molar-refractivity contribution in [3.63, 3.8) is 0 Å². The van der Waals surface area contributed by atoms with Crippen molar-refractivity contribution in [2.24, 2.45) is 10.8 Å². The van der Waals surface area contributed by atoms with E-state index in [1.54, 1.807) is 72.7 Å². The number of hydrogen-bond donors (Lipinski definition) is 0. The van der Waals surface area contributed by atoms with E-state index in [0.717, 1.165) is 27.7 Å². The van der Waals surface area contributed by atoms with Crippen molar-refractivity contribution in [1.29, 1.82) is 0 Å². The smallest absolute Gasteiger partial charge is 0.311 e. The lowest BCUT2D eigenvalue weighted by Gasteiger charge is -2.50. The molecule has 2 amide bonds. The monoisotopic (exact) mass is 983 g/mol. The second kappa shape index (κ2) is 22.6. The average molecular weight is 984 g/mol.